The maximum absolute atomic E-state index is 14.0. The summed E-state index contributed by atoms with van der Waals surface area (Å²) in [4.78, 5) is 26.4. The van der Waals surface area contributed by atoms with Crippen molar-refractivity contribution in [1.82, 2.24) is 5.32 Å². The van der Waals surface area contributed by atoms with Gasteiger partial charge in [-0.25, -0.2) is 13.6 Å². The lowest BCUT2D eigenvalue weighted by Gasteiger charge is -2.27. The van der Waals surface area contributed by atoms with Crippen molar-refractivity contribution in [1.29, 1.82) is 0 Å². The number of amides is 3. The fourth-order valence-electron chi connectivity index (χ4n) is 4.33. The summed E-state index contributed by atoms with van der Waals surface area (Å²) in [5, 5.41) is 15.1. The molecule has 0 unspecified atom stereocenters. The molecule has 3 N–H and O–H groups in total. The van der Waals surface area contributed by atoms with Crippen LogP contribution in [0.1, 0.15) is 34.4 Å². The number of fused-ring (bicyclic) bond motifs is 2. The topological polar surface area (TPSA) is 81.7 Å². The van der Waals surface area contributed by atoms with Gasteiger partial charge in [0, 0.05) is 33.0 Å². The van der Waals surface area contributed by atoms with Crippen molar-refractivity contribution < 1.29 is 38.0 Å². The van der Waals surface area contributed by atoms with Gasteiger partial charge in [0.15, 0.2) is 0 Å². The maximum Gasteiger partial charge on any atom is 0.423 e. The number of nitrogens with zero attached hydrogens (tertiary/aromatic N) is 1. The van der Waals surface area contributed by atoms with Crippen LogP contribution in [0.2, 0.25) is 5.02 Å². The molecule has 3 aromatic carbocycles. The predicted molar refractivity (Wildman–Crippen MR) is 120 cm³/mol. The van der Waals surface area contributed by atoms with Crippen LogP contribution in [0.25, 0.3) is 0 Å². The SMILES string of the molecule is [2H][C@@]1(c2cc(F)ccc2Cl)NC(=O)c2cccc(NC(=O)N3C[C@](O)(C(F)(F)F)c4cc(F)ccc43)c21. The number of hydrogen-bond acceptors (Lipinski definition) is 3. The van der Waals surface area contributed by atoms with Crippen molar-refractivity contribution in [3.05, 3.63) is 93.5 Å². The molecule has 3 aromatic rings. The van der Waals surface area contributed by atoms with Gasteiger partial charge in [0.2, 0.25) is 5.60 Å². The lowest BCUT2D eigenvalue weighted by molar-refractivity contribution is -0.258. The highest BCUT2D eigenvalue weighted by molar-refractivity contribution is 6.31. The zero-order chi connectivity index (χ0) is 26.9. The molecule has 2 aliphatic rings. The van der Waals surface area contributed by atoms with Crippen molar-refractivity contribution in [2.45, 2.75) is 17.8 Å². The van der Waals surface area contributed by atoms with Gasteiger partial charge in [-0.15, -0.1) is 0 Å². The van der Waals surface area contributed by atoms with Crippen LogP contribution >= 0.6 is 11.6 Å². The smallest absolute Gasteiger partial charge is 0.375 e. The van der Waals surface area contributed by atoms with E-state index in [-0.39, 0.29) is 33.1 Å². The van der Waals surface area contributed by atoms with E-state index >= 15 is 0 Å². The Balaban J connectivity index is 1.58. The highest BCUT2D eigenvalue weighted by Crippen LogP contribution is 2.49. The number of halogens is 6. The molecule has 2 heterocycles. The molecule has 0 aliphatic carbocycles. The lowest BCUT2D eigenvalue weighted by Crippen LogP contribution is -2.48. The zero-order valence-electron chi connectivity index (χ0n) is 18.9. The standard InChI is InChI=1S/C24H15ClF5N3O3/c25-16-6-4-11(26)8-14(16)20-19-13(21(34)32-20)2-1-3-17(19)31-22(35)33-10-23(36,24(28,29)30)15-9-12(27)5-7-18(15)33/h1-9,20,36H,10H2,(H,31,35)(H,32,34)/t20-,23+/m0/s1/i20D. The van der Waals surface area contributed by atoms with Crippen molar-refractivity contribution in [2.24, 2.45) is 0 Å². The Labute approximate surface area is 206 Å². The van der Waals surface area contributed by atoms with Gasteiger partial charge in [0.05, 0.1) is 19.6 Å². The molecule has 12 heteroatoms. The second kappa shape index (κ2) is 8.17. The molecule has 5 rings (SSSR count). The third kappa shape index (κ3) is 3.66. The number of nitrogens with one attached hydrogen (secondary N) is 2. The van der Waals surface area contributed by atoms with Crippen LogP contribution < -0.4 is 15.5 Å². The second-order valence-electron chi connectivity index (χ2n) is 8.22. The summed E-state index contributed by atoms with van der Waals surface area (Å²) in [5.41, 5.74) is -5.22. The molecule has 6 nitrogen and oxygen atoms in total. The van der Waals surface area contributed by atoms with Crippen LogP contribution in [0.3, 0.4) is 0 Å². The maximum atomic E-state index is 14.0. The van der Waals surface area contributed by atoms with Gasteiger partial charge in [-0.05, 0) is 48.5 Å². The highest BCUT2D eigenvalue weighted by atomic mass is 35.5. The lowest BCUT2D eigenvalue weighted by atomic mass is 9.95. The zero-order valence-corrected chi connectivity index (χ0v) is 18.6. The third-order valence-electron chi connectivity index (χ3n) is 6.03. The van der Waals surface area contributed by atoms with Gasteiger partial charge in [0.25, 0.3) is 5.91 Å². The van der Waals surface area contributed by atoms with E-state index in [0.29, 0.717) is 11.0 Å². The van der Waals surface area contributed by atoms with Gasteiger partial charge >= 0.3 is 12.2 Å². The molecule has 0 radical (unpaired) electrons. The van der Waals surface area contributed by atoms with E-state index in [9.17, 15) is 36.6 Å². The van der Waals surface area contributed by atoms with Gasteiger partial charge in [-0.3, -0.25) is 9.69 Å². The van der Waals surface area contributed by atoms with Crippen LogP contribution in [0, 0.1) is 11.6 Å². The molecule has 0 bridgehead atoms. The fourth-order valence-corrected chi connectivity index (χ4v) is 4.54. The summed E-state index contributed by atoms with van der Waals surface area (Å²) in [6, 6.07) is 6.14. The quantitative estimate of drug-likeness (QED) is 0.400. The second-order valence-corrected chi connectivity index (χ2v) is 8.62. The monoisotopic (exact) mass is 524 g/mol. The van der Waals surface area contributed by atoms with Crippen LogP contribution in [-0.2, 0) is 5.60 Å². The van der Waals surface area contributed by atoms with E-state index < -0.39 is 53.5 Å². The highest BCUT2D eigenvalue weighted by Gasteiger charge is 2.61. The van der Waals surface area contributed by atoms with Gasteiger partial charge in [0.1, 0.15) is 11.6 Å². The average molecular weight is 525 g/mol. The van der Waals surface area contributed by atoms with Crippen molar-refractivity contribution in [3.8, 4) is 0 Å². The van der Waals surface area contributed by atoms with Gasteiger partial charge in [-0.1, -0.05) is 17.7 Å². The molecule has 0 fully saturated rings. The minimum Gasteiger partial charge on any atom is -0.375 e. The average Bonchev–Trinajstić information content (AvgIpc) is 3.28. The molecule has 2 atom stereocenters. The van der Waals surface area contributed by atoms with E-state index in [1.165, 1.54) is 24.3 Å². The number of benzene rings is 3. The molecular formula is C24H15ClF5N3O3. The first-order chi connectivity index (χ1) is 17.3. The molecular weight excluding hydrogens is 509 g/mol. The Kier molecular flexibility index (Phi) is 5.16. The van der Waals surface area contributed by atoms with Crippen molar-refractivity contribution >= 4 is 34.9 Å². The van der Waals surface area contributed by atoms with E-state index in [1.807, 2.05) is 0 Å². The first-order valence-electron chi connectivity index (χ1n) is 10.9. The Morgan fingerprint density at radius 1 is 1.17 bits per heavy atom. The summed E-state index contributed by atoms with van der Waals surface area (Å²) in [6.07, 6.45) is -5.24. The Morgan fingerprint density at radius 3 is 2.58 bits per heavy atom. The van der Waals surface area contributed by atoms with E-state index in [1.54, 1.807) is 0 Å². The van der Waals surface area contributed by atoms with E-state index in [4.69, 9.17) is 13.0 Å². The molecule has 0 spiro atoms. The number of alkyl halides is 3. The van der Waals surface area contributed by atoms with Crippen LogP contribution in [-0.4, -0.2) is 29.8 Å². The summed E-state index contributed by atoms with van der Waals surface area (Å²) in [7, 11) is 0. The summed E-state index contributed by atoms with van der Waals surface area (Å²) >= 11 is 6.19. The van der Waals surface area contributed by atoms with E-state index in [2.05, 4.69) is 10.6 Å². The Bertz CT molecular complexity index is 1490. The minimum atomic E-state index is -5.24. The molecule has 0 aromatic heterocycles. The fraction of sp³-hybridized carbons (Fsp3) is 0.167. The van der Waals surface area contributed by atoms with Crippen molar-refractivity contribution in [3.63, 3.8) is 0 Å². The summed E-state index contributed by atoms with van der Waals surface area (Å²) in [6.45, 7) is -1.27. The van der Waals surface area contributed by atoms with Crippen LogP contribution in [0.4, 0.5) is 38.1 Å². The first kappa shape index (κ1) is 22.7. The number of carbonyl (C=O) groups excluding carboxylic acids is 2. The predicted octanol–water partition coefficient (Wildman–Crippen LogP) is 5.25. The Hall–Kier alpha value is -3.70. The van der Waals surface area contributed by atoms with Crippen LogP contribution in [0.15, 0.2) is 54.6 Å². The van der Waals surface area contributed by atoms with Gasteiger partial charge < -0.3 is 15.7 Å². The summed E-state index contributed by atoms with van der Waals surface area (Å²) < 4.78 is 78.0. The molecule has 2 aliphatic heterocycles. The third-order valence-corrected chi connectivity index (χ3v) is 6.36. The molecule has 0 saturated heterocycles. The van der Waals surface area contributed by atoms with Crippen LogP contribution in [0.5, 0.6) is 0 Å². The number of urea groups is 1. The molecule has 3 amide bonds. The number of β-amino-alcohol motifs (C(OH)–C–C–N with tert-alkyl or cyclic N) is 1. The normalized spacial score (nSPS) is 23.1. The first-order valence-corrected chi connectivity index (χ1v) is 10.7. The molecule has 36 heavy (non-hydrogen) atoms. The largest absolute Gasteiger partial charge is 0.423 e. The number of hydrogen-bond donors (Lipinski definition) is 3. The molecule has 186 valence electrons. The molecule has 0 saturated carbocycles. The number of anilines is 2. The summed E-state index contributed by atoms with van der Waals surface area (Å²) in [5.74, 6) is -2.52. The van der Waals surface area contributed by atoms with Gasteiger partial charge in [-0.2, -0.15) is 13.2 Å². The van der Waals surface area contributed by atoms with Crippen molar-refractivity contribution in [2.75, 3.05) is 16.8 Å². The Morgan fingerprint density at radius 2 is 1.86 bits per heavy atom. The number of rotatable bonds is 2. The number of aliphatic hydroxyl groups is 1. The minimum absolute atomic E-state index is 0.0520. The van der Waals surface area contributed by atoms with E-state index in [0.717, 1.165) is 24.3 Å². The number of carbonyl (C=O) groups is 2.